The standard InChI is InChI=1S/C20H25F2N3O3/c1-15(26)25-8-6-20(21,22)17(16-4-2-3-5-18(16)25)14-19(27)23-7-9-24-10-12-28-13-11-24/h2-5,14H,6-13H2,1H3,(H,23,27)/b17-14-. The zero-order valence-electron chi connectivity index (χ0n) is 15.9. The fourth-order valence-corrected chi connectivity index (χ4v) is 3.50. The van der Waals surface area contributed by atoms with Crippen molar-refractivity contribution in [3.8, 4) is 0 Å². The number of rotatable bonds is 4. The molecular formula is C20H25F2N3O3. The van der Waals surface area contributed by atoms with E-state index in [1.165, 1.54) is 17.9 Å². The fraction of sp³-hybridized carbons (Fsp3) is 0.500. The van der Waals surface area contributed by atoms with Crippen molar-refractivity contribution in [2.75, 3.05) is 50.8 Å². The number of carbonyl (C=O) groups excluding carboxylic acids is 2. The molecule has 2 amide bonds. The summed E-state index contributed by atoms with van der Waals surface area (Å²) in [4.78, 5) is 27.7. The molecule has 1 aromatic carbocycles. The fourth-order valence-electron chi connectivity index (χ4n) is 3.50. The van der Waals surface area contributed by atoms with Gasteiger partial charge in [-0.05, 0) is 6.07 Å². The Morgan fingerprint density at radius 3 is 2.64 bits per heavy atom. The smallest absolute Gasteiger partial charge is 0.275 e. The molecule has 0 spiro atoms. The molecule has 0 aromatic heterocycles. The highest BCUT2D eigenvalue weighted by atomic mass is 19.3. The third-order valence-corrected chi connectivity index (χ3v) is 5.01. The summed E-state index contributed by atoms with van der Waals surface area (Å²) in [6.45, 7) is 5.17. The van der Waals surface area contributed by atoms with Gasteiger partial charge in [-0.25, -0.2) is 8.78 Å². The van der Waals surface area contributed by atoms with Crippen molar-refractivity contribution in [1.82, 2.24) is 10.2 Å². The number of para-hydroxylation sites is 1. The van der Waals surface area contributed by atoms with Crippen molar-refractivity contribution in [3.63, 3.8) is 0 Å². The first-order chi connectivity index (χ1) is 13.4. The predicted molar refractivity (Wildman–Crippen MR) is 102 cm³/mol. The van der Waals surface area contributed by atoms with Gasteiger partial charge >= 0.3 is 0 Å². The average molecular weight is 393 g/mol. The molecule has 0 atom stereocenters. The van der Waals surface area contributed by atoms with Crippen molar-refractivity contribution in [2.45, 2.75) is 19.3 Å². The summed E-state index contributed by atoms with van der Waals surface area (Å²) in [5, 5.41) is 2.69. The molecule has 0 aliphatic carbocycles. The number of nitrogens with zero attached hydrogens (tertiary/aromatic N) is 2. The van der Waals surface area contributed by atoms with Gasteiger partial charge in [-0.2, -0.15) is 0 Å². The van der Waals surface area contributed by atoms with Crippen molar-refractivity contribution >= 4 is 23.1 Å². The normalized spacial score (nSPS) is 21.1. The van der Waals surface area contributed by atoms with E-state index in [1.54, 1.807) is 18.2 Å². The number of ether oxygens (including phenoxy) is 1. The second kappa shape index (κ2) is 8.79. The molecule has 1 fully saturated rings. The number of nitrogens with one attached hydrogen (secondary N) is 1. The Balaban J connectivity index is 1.77. The first-order valence-electron chi connectivity index (χ1n) is 9.44. The monoisotopic (exact) mass is 393 g/mol. The predicted octanol–water partition coefficient (Wildman–Crippen LogP) is 1.91. The van der Waals surface area contributed by atoms with Crippen LogP contribution < -0.4 is 10.2 Å². The van der Waals surface area contributed by atoms with Crippen LogP contribution in [-0.2, 0) is 14.3 Å². The van der Waals surface area contributed by atoms with Crippen LogP contribution in [0.25, 0.3) is 5.57 Å². The van der Waals surface area contributed by atoms with Crippen LogP contribution >= 0.6 is 0 Å². The van der Waals surface area contributed by atoms with Gasteiger partial charge in [0.05, 0.1) is 18.9 Å². The SMILES string of the molecule is CC(=O)N1CCC(F)(F)/C(=C\C(=O)NCCN2CCOCC2)c2ccccc21. The van der Waals surface area contributed by atoms with Gasteiger partial charge in [-0.1, -0.05) is 18.2 Å². The number of fused-ring (bicyclic) bond motifs is 1. The van der Waals surface area contributed by atoms with Gasteiger partial charge in [-0.3, -0.25) is 14.5 Å². The third-order valence-electron chi connectivity index (χ3n) is 5.01. The summed E-state index contributed by atoms with van der Waals surface area (Å²) in [7, 11) is 0. The minimum absolute atomic E-state index is 0.102. The minimum atomic E-state index is -3.21. The molecule has 3 rings (SSSR count). The highest BCUT2D eigenvalue weighted by Crippen LogP contribution is 2.42. The molecule has 0 unspecified atom stereocenters. The summed E-state index contributed by atoms with van der Waals surface area (Å²) < 4.78 is 34.9. The molecule has 0 radical (unpaired) electrons. The molecule has 2 heterocycles. The number of halogens is 2. The number of amides is 2. The average Bonchev–Trinajstić information content (AvgIpc) is 2.77. The summed E-state index contributed by atoms with van der Waals surface area (Å²) in [5.41, 5.74) is 0.263. The van der Waals surface area contributed by atoms with Gasteiger partial charge in [0.25, 0.3) is 5.92 Å². The lowest BCUT2D eigenvalue weighted by Crippen LogP contribution is -2.41. The Labute approximate surface area is 163 Å². The van der Waals surface area contributed by atoms with Gasteiger partial charge in [0, 0.05) is 63.3 Å². The zero-order valence-corrected chi connectivity index (χ0v) is 15.9. The first kappa shape index (κ1) is 20.4. The number of anilines is 1. The summed E-state index contributed by atoms with van der Waals surface area (Å²) in [6.07, 6.45) is 0.440. The van der Waals surface area contributed by atoms with Crippen LogP contribution in [0.3, 0.4) is 0 Å². The van der Waals surface area contributed by atoms with Gasteiger partial charge in [0.15, 0.2) is 0 Å². The third kappa shape index (κ3) is 4.74. The highest BCUT2D eigenvalue weighted by Gasteiger charge is 2.40. The number of hydrogen-bond acceptors (Lipinski definition) is 4. The molecule has 1 N–H and O–H groups in total. The van der Waals surface area contributed by atoms with Crippen LogP contribution in [0.5, 0.6) is 0 Å². The lowest BCUT2D eigenvalue weighted by atomic mass is 9.97. The minimum Gasteiger partial charge on any atom is -0.379 e. The van der Waals surface area contributed by atoms with Crippen LogP contribution in [0.1, 0.15) is 18.9 Å². The quantitative estimate of drug-likeness (QED) is 0.794. The summed E-state index contributed by atoms with van der Waals surface area (Å²) >= 11 is 0. The van der Waals surface area contributed by atoms with Gasteiger partial charge < -0.3 is 15.0 Å². The van der Waals surface area contributed by atoms with Crippen LogP contribution in [0, 0.1) is 0 Å². The Morgan fingerprint density at radius 1 is 1.21 bits per heavy atom. The topological polar surface area (TPSA) is 61.9 Å². The van der Waals surface area contributed by atoms with Crippen molar-refractivity contribution in [1.29, 1.82) is 0 Å². The van der Waals surface area contributed by atoms with E-state index in [2.05, 4.69) is 10.2 Å². The Hall–Kier alpha value is -2.32. The lowest BCUT2D eigenvalue weighted by molar-refractivity contribution is -0.117. The van der Waals surface area contributed by atoms with E-state index < -0.39 is 18.3 Å². The lowest BCUT2D eigenvalue weighted by Gasteiger charge is -2.26. The van der Waals surface area contributed by atoms with Crippen molar-refractivity contribution in [2.24, 2.45) is 0 Å². The molecule has 6 nitrogen and oxygen atoms in total. The maximum atomic E-state index is 14.8. The van der Waals surface area contributed by atoms with E-state index in [9.17, 15) is 18.4 Å². The number of benzene rings is 1. The number of hydrogen-bond donors (Lipinski definition) is 1. The van der Waals surface area contributed by atoms with Crippen LogP contribution in [0.4, 0.5) is 14.5 Å². The zero-order chi connectivity index (χ0) is 20.1. The maximum Gasteiger partial charge on any atom is 0.275 e. The number of morpholine rings is 1. The molecule has 0 saturated carbocycles. The number of alkyl halides is 2. The number of carbonyl (C=O) groups is 2. The van der Waals surface area contributed by atoms with E-state index in [-0.39, 0.29) is 23.6 Å². The molecule has 1 saturated heterocycles. The summed E-state index contributed by atoms with van der Waals surface area (Å²) in [5.74, 6) is -4.07. The Morgan fingerprint density at radius 2 is 1.93 bits per heavy atom. The second-order valence-corrected chi connectivity index (χ2v) is 6.95. The van der Waals surface area contributed by atoms with Gasteiger partial charge in [0.2, 0.25) is 11.8 Å². The van der Waals surface area contributed by atoms with Crippen LogP contribution in [-0.4, -0.2) is 68.6 Å². The Kier molecular flexibility index (Phi) is 6.41. The summed E-state index contributed by atoms with van der Waals surface area (Å²) in [6, 6.07) is 6.47. The molecule has 2 aliphatic rings. The maximum absolute atomic E-state index is 14.8. The molecule has 1 aromatic rings. The van der Waals surface area contributed by atoms with E-state index in [4.69, 9.17) is 4.74 Å². The van der Waals surface area contributed by atoms with E-state index in [0.717, 1.165) is 19.2 Å². The van der Waals surface area contributed by atoms with Gasteiger partial charge in [-0.15, -0.1) is 0 Å². The highest BCUT2D eigenvalue weighted by molar-refractivity contribution is 6.01. The molecule has 0 bridgehead atoms. The van der Waals surface area contributed by atoms with E-state index in [0.29, 0.717) is 32.0 Å². The second-order valence-electron chi connectivity index (χ2n) is 6.95. The number of allylic oxidation sites excluding steroid dienone is 1. The van der Waals surface area contributed by atoms with Crippen LogP contribution in [0.15, 0.2) is 30.3 Å². The van der Waals surface area contributed by atoms with Crippen LogP contribution in [0.2, 0.25) is 0 Å². The molecule has 8 heteroatoms. The largest absolute Gasteiger partial charge is 0.379 e. The molecule has 28 heavy (non-hydrogen) atoms. The van der Waals surface area contributed by atoms with Crippen molar-refractivity contribution in [3.05, 3.63) is 35.9 Å². The van der Waals surface area contributed by atoms with Crippen molar-refractivity contribution < 1.29 is 23.1 Å². The van der Waals surface area contributed by atoms with Gasteiger partial charge in [0.1, 0.15) is 0 Å². The first-order valence-corrected chi connectivity index (χ1v) is 9.44. The van der Waals surface area contributed by atoms with E-state index >= 15 is 0 Å². The Bertz CT molecular complexity index is 761. The molecular weight excluding hydrogens is 368 g/mol. The molecule has 152 valence electrons. The molecule has 2 aliphatic heterocycles. The van der Waals surface area contributed by atoms with E-state index in [1.807, 2.05) is 0 Å².